The predicted molar refractivity (Wildman–Crippen MR) is 90.1 cm³/mol. The molecule has 0 heterocycles. The van der Waals surface area contributed by atoms with Gasteiger partial charge in [-0.3, -0.25) is 0 Å². The number of unbranched alkanes of at least 4 members (excludes halogenated alkanes) is 2. The third kappa shape index (κ3) is 6.48. The second-order valence-corrected chi connectivity index (χ2v) is 5.33. The van der Waals surface area contributed by atoms with Crippen LogP contribution in [0.15, 0.2) is 30.5 Å². The third-order valence-corrected chi connectivity index (χ3v) is 3.51. The van der Waals surface area contributed by atoms with Gasteiger partial charge in [0.2, 0.25) is 0 Å². The van der Waals surface area contributed by atoms with Gasteiger partial charge in [0, 0.05) is 19.3 Å². The standard InChI is InChI=1S/C18H28N2O/c1-4-6-14-20(15-7-5-2)18(21)19-13-12-17-11-9-8-10-16(17)3/h8-13H,4-7,14-15H2,1-3H3,(H,19,21)/b13-12+. The highest BCUT2D eigenvalue weighted by molar-refractivity contribution is 5.76. The van der Waals surface area contributed by atoms with E-state index >= 15 is 0 Å². The van der Waals surface area contributed by atoms with Crippen LogP contribution < -0.4 is 5.32 Å². The summed E-state index contributed by atoms with van der Waals surface area (Å²) in [5, 5.41) is 2.88. The predicted octanol–water partition coefficient (Wildman–Crippen LogP) is 4.58. The fraction of sp³-hybridized carbons (Fsp3) is 0.500. The molecule has 0 aliphatic carbocycles. The molecule has 2 amide bonds. The normalized spacial score (nSPS) is 10.8. The SMILES string of the molecule is CCCCN(CCCC)C(=O)N/C=C/c1ccccc1C. The second-order valence-electron chi connectivity index (χ2n) is 5.33. The van der Waals surface area contributed by atoms with Crippen molar-refractivity contribution in [3.05, 3.63) is 41.6 Å². The molecule has 3 heteroatoms. The van der Waals surface area contributed by atoms with Gasteiger partial charge in [0.1, 0.15) is 0 Å². The van der Waals surface area contributed by atoms with Crippen molar-refractivity contribution in [3.63, 3.8) is 0 Å². The molecule has 0 spiro atoms. The minimum atomic E-state index is 0.00161. The maximum Gasteiger partial charge on any atom is 0.321 e. The van der Waals surface area contributed by atoms with Gasteiger partial charge in [0.25, 0.3) is 0 Å². The number of hydrogen-bond acceptors (Lipinski definition) is 1. The maximum absolute atomic E-state index is 12.2. The molecule has 0 radical (unpaired) electrons. The monoisotopic (exact) mass is 288 g/mol. The molecule has 116 valence electrons. The van der Waals surface area contributed by atoms with Crippen molar-refractivity contribution in [1.29, 1.82) is 0 Å². The molecular formula is C18H28N2O. The van der Waals surface area contributed by atoms with Crippen LogP contribution in [0.4, 0.5) is 4.79 Å². The average Bonchev–Trinajstić information content (AvgIpc) is 2.49. The average molecular weight is 288 g/mol. The van der Waals surface area contributed by atoms with Crippen LogP contribution in [0, 0.1) is 6.92 Å². The molecular weight excluding hydrogens is 260 g/mol. The van der Waals surface area contributed by atoms with Gasteiger partial charge < -0.3 is 10.2 Å². The summed E-state index contributed by atoms with van der Waals surface area (Å²) in [6, 6.07) is 8.13. The highest BCUT2D eigenvalue weighted by Gasteiger charge is 2.10. The number of rotatable bonds is 8. The van der Waals surface area contributed by atoms with E-state index in [1.54, 1.807) is 6.20 Å². The molecule has 1 aromatic rings. The van der Waals surface area contributed by atoms with E-state index in [1.165, 1.54) is 5.56 Å². The number of carbonyl (C=O) groups is 1. The molecule has 0 fully saturated rings. The topological polar surface area (TPSA) is 32.3 Å². The van der Waals surface area contributed by atoms with Gasteiger partial charge in [-0.15, -0.1) is 0 Å². The molecule has 1 rings (SSSR count). The van der Waals surface area contributed by atoms with E-state index in [1.807, 2.05) is 29.2 Å². The number of nitrogens with zero attached hydrogens (tertiary/aromatic N) is 1. The Morgan fingerprint density at radius 1 is 1.14 bits per heavy atom. The van der Waals surface area contributed by atoms with Crippen molar-refractivity contribution in [3.8, 4) is 0 Å². The van der Waals surface area contributed by atoms with Gasteiger partial charge in [0.15, 0.2) is 0 Å². The Labute approximate surface area is 129 Å². The van der Waals surface area contributed by atoms with E-state index in [-0.39, 0.29) is 6.03 Å². The lowest BCUT2D eigenvalue weighted by molar-refractivity contribution is 0.200. The summed E-state index contributed by atoms with van der Waals surface area (Å²) in [5.74, 6) is 0. The van der Waals surface area contributed by atoms with Gasteiger partial charge in [-0.05, 0) is 37.0 Å². The van der Waals surface area contributed by atoms with E-state index in [0.29, 0.717) is 0 Å². The molecule has 21 heavy (non-hydrogen) atoms. The Morgan fingerprint density at radius 3 is 2.33 bits per heavy atom. The van der Waals surface area contributed by atoms with Gasteiger partial charge in [0.05, 0.1) is 0 Å². The number of urea groups is 1. The van der Waals surface area contributed by atoms with E-state index in [9.17, 15) is 4.79 Å². The van der Waals surface area contributed by atoms with Crippen molar-refractivity contribution in [2.45, 2.75) is 46.5 Å². The molecule has 0 bridgehead atoms. The number of aryl methyl sites for hydroxylation is 1. The number of benzene rings is 1. The Balaban J connectivity index is 2.54. The highest BCUT2D eigenvalue weighted by Crippen LogP contribution is 2.08. The zero-order chi connectivity index (χ0) is 15.5. The zero-order valence-corrected chi connectivity index (χ0v) is 13.6. The van der Waals surface area contributed by atoms with Crippen molar-refractivity contribution < 1.29 is 4.79 Å². The van der Waals surface area contributed by atoms with Crippen LogP contribution in [-0.2, 0) is 0 Å². The van der Waals surface area contributed by atoms with Crippen LogP contribution in [0.1, 0.15) is 50.7 Å². The molecule has 0 aromatic heterocycles. The zero-order valence-electron chi connectivity index (χ0n) is 13.6. The van der Waals surface area contributed by atoms with Crippen LogP contribution >= 0.6 is 0 Å². The smallest absolute Gasteiger partial charge is 0.321 e. The molecule has 0 unspecified atom stereocenters. The summed E-state index contributed by atoms with van der Waals surface area (Å²) in [5.41, 5.74) is 2.34. The summed E-state index contributed by atoms with van der Waals surface area (Å²) < 4.78 is 0. The van der Waals surface area contributed by atoms with Crippen LogP contribution in [0.2, 0.25) is 0 Å². The quantitative estimate of drug-likeness (QED) is 0.746. The largest absolute Gasteiger partial charge is 0.325 e. The van der Waals surface area contributed by atoms with E-state index in [4.69, 9.17) is 0 Å². The second kappa shape index (κ2) is 10.0. The molecule has 0 aliphatic rings. The lowest BCUT2D eigenvalue weighted by atomic mass is 10.1. The summed E-state index contributed by atoms with van der Waals surface area (Å²) in [6.45, 7) is 8.03. The van der Waals surface area contributed by atoms with Crippen LogP contribution in [-0.4, -0.2) is 24.0 Å². The van der Waals surface area contributed by atoms with Crippen LogP contribution in [0.25, 0.3) is 6.08 Å². The van der Waals surface area contributed by atoms with Crippen molar-refractivity contribution in [1.82, 2.24) is 10.2 Å². The number of amides is 2. The third-order valence-electron chi connectivity index (χ3n) is 3.51. The summed E-state index contributed by atoms with van der Waals surface area (Å²) in [4.78, 5) is 14.1. The Morgan fingerprint density at radius 2 is 1.76 bits per heavy atom. The minimum Gasteiger partial charge on any atom is -0.325 e. The molecule has 0 aliphatic heterocycles. The van der Waals surface area contributed by atoms with Gasteiger partial charge >= 0.3 is 6.03 Å². The fourth-order valence-electron chi connectivity index (χ4n) is 2.08. The summed E-state index contributed by atoms with van der Waals surface area (Å²) in [6.07, 6.45) is 8.02. The van der Waals surface area contributed by atoms with Crippen molar-refractivity contribution in [2.24, 2.45) is 0 Å². The van der Waals surface area contributed by atoms with Crippen LogP contribution in [0.5, 0.6) is 0 Å². The van der Waals surface area contributed by atoms with Crippen LogP contribution in [0.3, 0.4) is 0 Å². The van der Waals surface area contributed by atoms with E-state index < -0.39 is 0 Å². The first-order valence-electron chi connectivity index (χ1n) is 7.96. The Kier molecular flexibility index (Phi) is 8.25. The van der Waals surface area contributed by atoms with Gasteiger partial charge in [-0.25, -0.2) is 4.79 Å². The molecule has 3 nitrogen and oxygen atoms in total. The first-order chi connectivity index (χ1) is 10.2. The molecule has 0 saturated carbocycles. The molecule has 0 saturated heterocycles. The number of nitrogens with one attached hydrogen (secondary N) is 1. The maximum atomic E-state index is 12.2. The minimum absolute atomic E-state index is 0.00161. The van der Waals surface area contributed by atoms with Gasteiger partial charge in [-0.2, -0.15) is 0 Å². The fourth-order valence-corrected chi connectivity index (χ4v) is 2.08. The Bertz CT molecular complexity index is 446. The first-order valence-corrected chi connectivity index (χ1v) is 7.96. The van der Waals surface area contributed by atoms with E-state index in [2.05, 4.69) is 32.2 Å². The summed E-state index contributed by atoms with van der Waals surface area (Å²) >= 11 is 0. The lowest BCUT2D eigenvalue weighted by Crippen LogP contribution is -2.38. The molecule has 1 N–H and O–H groups in total. The Hall–Kier alpha value is -1.77. The van der Waals surface area contributed by atoms with Crippen molar-refractivity contribution in [2.75, 3.05) is 13.1 Å². The number of carbonyl (C=O) groups excluding carboxylic acids is 1. The molecule has 0 atom stereocenters. The molecule has 1 aromatic carbocycles. The summed E-state index contributed by atoms with van der Waals surface area (Å²) in [7, 11) is 0. The van der Waals surface area contributed by atoms with Gasteiger partial charge in [-0.1, -0.05) is 51.0 Å². The van der Waals surface area contributed by atoms with E-state index in [0.717, 1.165) is 44.3 Å². The first kappa shape index (κ1) is 17.3. The highest BCUT2D eigenvalue weighted by atomic mass is 16.2. The lowest BCUT2D eigenvalue weighted by Gasteiger charge is -2.21. The number of hydrogen-bond donors (Lipinski definition) is 1. The van der Waals surface area contributed by atoms with Crippen molar-refractivity contribution >= 4 is 12.1 Å².